The van der Waals surface area contributed by atoms with Gasteiger partial charge in [0.15, 0.2) is 0 Å². The van der Waals surface area contributed by atoms with E-state index >= 15 is 0 Å². The molecule has 0 spiro atoms. The van der Waals surface area contributed by atoms with E-state index in [4.69, 9.17) is 0 Å². The van der Waals surface area contributed by atoms with Gasteiger partial charge in [0, 0.05) is 71.0 Å². The van der Waals surface area contributed by atoms with Gasteiger partial charge in [-0.25, -0.2) is 0 Å². The maximum Gasteiger partial charge on any atom is 0.222 e. The molecule has 6 heteroatoms. The molecule has 1 fully saturated rings. The third-order valence-corrected chi connectivity index (χ3v) is 4.54. The van der Waals surface area contributed by atoms with E-state index in [0.717, 1.165) is 38.2 Å². The minimum Gasteiger partial charge on any atom is -0.341 e. The normalized spacial score (nSPS) is 18.4. The second-order valence-corrected chi connectivity index (χ2v) is 6.50. The molecule has 2 rings (SSSR count). The topological polar surface area (TPSA) is 44.6 Å². The summed E-state index contributed by atoms with van der Waals surface area (Å²) in [7, 11) is 5.93. The maximum atomic E-state index is 12.3. The minimum absolute atomic E-state index is 0.213. The van der Waals surface area contributed by atoms with Gasteiger partial charge >= 0.3 is 0 Å². The van der Waals surface area contributed by atoms with Gasteiger partial charge < -0.3 is 9.80 Å². The van der Waals surface area contributed by atoms with Crippen molar-refractivity contribution in [3.63, 3.8) is 0 Å². The van der Waals surface area contributed by atoms with Crippen molar-refractivity contribution in [2.24, 2.45) is 7.05 Å². The van der Waals surface area contributed by atoms with Crippen LogP contribution in [0.25, 0.3) is 0 Å². The predicted octanol–water partition coefficient (Wildman–Crippen LogP) is 0.795. The maximum absolute atomic E-state index is 12.3. The van der Waals surface area contributed by atoms with E-state index in [1.54, 1.807) is 9.58 Å². The average molecular weight is 307 g/mol. The summed E-state index contributed by atoms with van der Waals surface area (Å²) in [5.41, 5.74) is 1.07. The molecule has 1 atom stereocenters. The third-order valence-electron chi connectivity index (χ3n) is 4.54. The van der Waals surface area contributed by atoms with Crippen LogP contribution in [0.2, 0.25) is 0 Å². The third kappa shape index (κ3) is 4.81. The Morgan fingerprint density at radius 1 is 1.32 bits per heavy atom. The largest absolute Gasteiger partial charge is 0.341 e. The summed E-state index contributed by atoms with van der Waals surface area (Å²) in [6.07, 6.45) is 5.32. The molecular formula is C16H29N5O. The Kier molecular flexibility index (Phi) is 5.97. The molecule has 0 aromatic carbocycles. The summed E-state index contributed by atoms with van der Waals surface area (Å²) in [5.74, 6) is 0.213. The van der Waals surface area contributed by atoms with Gasteiger partial charge in [-0.2, -0.15) is 5.10 Å². The predicted molar refractivity (Wildman–Crippen MR) is 87.4 cm³/mol. The fourth-order valence-electron chi connectivity index (χ4n) is 2.88. The van der Waals surface area contributed by atoms with Crippen molar-refractivity contribution in [1.82, 2.24) is 24.5 Å². The van der Waals surface area contributed by atoms with E-state index in [0.29, 0.717) is 19.0 Å². The lowest BCUT2D eigenvalue weighted by atomic mass is 10.1. The summed E-state index contributed by atoms with van der Waals surface area (Å²) in [5, 5.41) is 4.14. The van der Waals surface area contributed by atoms with Crippen molar-refractivity contribution in [2.45, 2.75) is 32.4 Å². The van der Waals surface area contributed by atoms with Crippen LogP contribution in [0.1, 0.15) is 25.3 Å². The van der Waals surface area contributed by atoms with Gasteiger partial charge in [-0.15, -0.1) is 0 Å². The highest BCUT2D eigenvalue weighted by atomic mass is 16.2. The molecule has 1 aromatic rings. The first-order chi connectivity index (χ1) is 10.5. The zero-order valence-corrected chi connectivity index (χ0v) is 14.3. The smallest absolute Gasteiger partial charge is 0.222 e. The van der Waals surface area contributed by atoms with E-state index in [-0.39, 0.29) is 5.91 Å². The lowest BCUT2D eigenvalue weighted by Gasteiger charge is -2.36. The number of rotatable bonds is 6. The molecule has 1 amide bonds. The quantitative estimate of drug-likeness (QED) is 0.780. The minimum atomic E-state index is 0.213. The molecule has 22 heavy (non-hydrogen) atoms. The monoisotopic (exact) mass is 307 g/mol. The van der Waals surface area contributed by atoms with Gasteiger partial charge in [-0.05, 0) is 20.4 Å². The van der Waals surface area contributed by atoms with Crippen molar-refractivity contribution < 1.29 is 4.79 Å². The lowest BCUT2D eigenvalue weighted by Crippen LogP contribution is -2.48. The first kappa shape index (κ1) is 17.0. The number of hydrogen-bond acceptors (Lipinski definition) is 4. The van der Waals surface area contributed by atoms with Crippen LogP contribution in [0.3, 0.4) is 0 Å². The summed E-state index contributed by atoms with van der Waals surface area (Å²) >= 11 is 0. The van der Waals surface area contributed by atoms with E-state index in [1.165, 1.54) is 0 Å². The highest BCUT2D eigenvalue weighted by molar-refractivity contribution is 5.75. The Bertz CT molecular complexity index is 479. The van der Waals surface area contributed by atoms with E-state index < -0.39 is 0 Å². The van der Waals surface area contributed by atoms with Gasteiger partial charge in [0.1, 0.15) is 0 Å². The fourth-order valence-corrected chi connectivity index (χ4v) is 2.88. The number of piperazine rings is 1. The zero-order valence-electron chi connectivity index (χ0n) is 14.3. The Morgan fingerprint density at radius 3 is 2.59 bits per heavy atom. The molecule has 1 saturated heterocycles. The van der Waals surface area contributed by atoms with E-state index in [2.05, 4.69) is 28.9 Å². The highest BCUT2D eigenvalue weighted by Gasteiger charge is 2.20. The van der Waals surface area contributed by atoms with Gasteiger partial charge in [0.25, 0.3) is 0 Å². The molecular weight excluding hydrogens is 278 g/mol. The molecule has 1 aliphatic heterocycles. The number of likely N-dealkylation sites (N-methyl/N-ethyl adjacent to an activating group) is 1. The van der Waals surface area contributed by atoms with Gasteiger partial charge in [0.05, 0.1) is 6.20 Å². The summed E-state index contributed by atoms with van der Waals surface area (Å²) in [4.78, 5) is 18.9. The Hall–Kier alpha value is -1.40. The van der Waals surface area contributed by atoms with Crippen LogP contribution in [-0.2, 0) is 18.4 Å². The van der Waals surface area contributed by atoms with E-state index in [1.807, 2.05) is 26.5 Å². The van der Waals surface area contributed by atoms with Crippen molar-refractivity contribution >= 4 is 5.91 Å². The number of aromatic nitrogens is 2. The van der Waals surface area contributed by atoms with Gasteiger partial charge in [0.2, 0.25) is 5.91 Å². The second kappa shape index (κ2) is 7.74. The summed E-state index contributed by atoms with van der Waals surface area (Å²) in [6, 6.07) is 0.476. The number of aryl methyl sites for hydroxylation is 1. The number of nitrogens with zero attached hydrogens (tertiary/aromatic N) is 5. The zero-order chi connectivity index (χ0) is 16.1. The molecule has 124 valence electrons. The van der Waals surface area contributed by atoms with Crippen LogP contribution in [0.15, 0.2) is 12.4 Å². The van der Waals surface area contributed by atoms with E-state index in [9.17, 15) is 4.79 Å². The summed E-state index contributed by atoms with van der Waals surface area (Å²) < 4.78 is 1.77. The molecule has 0 N–H and O–H groups in total. The number of carbonyl (C=O) groups excluding carboxylic acids is 1. The Labute approximate surface area is 133 Å². The van der Waals surface area contributed by atoms with Crippen molar-refractivity contribution in [2.75, 3.05) is 40.3 Å². The fraction of sp³-hybridized carbons (Fsp3) is 0.750. The van der Waals surface area contributed by atoms with Crippen molar-refractivity contribution in [1.29, 1.82) is 0 Å². The van der Waals surface area contributed by atoms with Crippen molar-refractivity contribution in [3.8, 4) is 0 Å². The SMILES string of the molecule is C[C@@H](CCC(=O)N(C)Cc1cnn(C)c1)N1CCN(C)CC1. The van der Waals surface area contributed by atoms with Crippen molar-refractivity contribution in [3.05, 3.63) is 18.0 Å². The van der Waals surface area contributed by atoms with Crippen LogP contribution < -0.4 is 0 Å². The van der Waals surface area contributed by atoms with Crippen LogP contribution in [0.4, 0.5) is 0 Å². The molecule has 1 aromatic heterocycles. The molecule has 0 saturated carbocycles. The first-order valence-electron chi connectivity index (χ1n) is 8.10. The highest BCUT2D eigenvalue weighted by Crippen LogP contribution is 2.11. The van der Waals surface area contributed by atoms with Gasteiger partial charge in [-0.3, -0.25) is 14.4 Å². The Morgan fingerprint density at radius 2 is 2.00 bits per heavy atom. The molecule has 0 bridgehead atoms. The molecule has 2 heterocycles. The number of amides is 1. The number of carbonyl (C=O) groups is 1. The molecule has 0 radical (unpaired) electrons. The van der Waals surface area contributed by atoms with Crippen LogP contribution >= 0.6 is 0 Å². The second-order valence-electron chi connectivity index (χ2n) is 6.50. The van der Waals surface area contributed by atoms with Gasteiger partial charge in [-0.1, -0.05) is 0 Å². The molecule has 0 aliphatic carbocycles. The Balaban J connectivity index is 1.72. The molecule has 1 aliphatic rings. The average Bonchev–Trinajstić information content (AvgIpc) is 2.90. The summed E-state index contributed by atoms with van der Waals surface area (Å²) in [6.45, 7) is 7.34. The van der Waals surface area contributed by atoms with Crippen LogP contribution in [0.5, 0.6) is 0 Å². The molecule has 0 unspecified atom stereocenters. The molecule has 6 nitrogen and oxygen atoms in total. The number of hydrogen-bond donors (Lipinski definition) is 0. The lowest BCUT2D eigenvalue weighted by molar-refractivity contribution is -0.130. The first-order valence-corrected chi connectivity index (χ1v) is 8.10. The van der Waals surface area contributed by atoms with Crippen LogP contribution in [0, 0.1) is 0 Å². The van der Waals surface area contributed by atoms with Crippen LogP contribution in [-0.4, -0.2) is 76.7 Å². The standard InChI is InChI=1S/C16H29N5O/c1-14(21-9-7-18(2)8-10-21)5-6-16(22)19(3)12-15-11-17-20(4)13-15/h11,13-14H,5-10,12H2,1-4H3/t14-/m0/s1.